The first-order valence-electron chi connectivity index (χ1n) is 6.04. The van der Waals surface area contributed by atoms with Crippen LogP contribution in [0.4, 0.5) is 0 Å². The zero-order chi connectivity index (χ0) is 12.5. The first-order valence-corrected chi connectivity index (χ1v) is 6.04. The van der Waals surface area contributed by atoms with Crippen LogP contribution >= 0.6 is 0 Å². The first kappa shape index (κ1) is 14.0. The van der Waals surface area contributed by atoms with Crippen molar-refractivity contribution in [3.8, 4) is 5.75 Å². The fourth-order valence-corrected chi connectivity index (χ4v) is 1.58. The lowest BCUT2D eigenvalue weighted by molar-refractivity contribution is -0.0334. The Labute approximate surface area is 104 Å². The van der Waals surface area contributed by atoms with Crippen LogP contribution in [0.1, 0.15) is 25.3 Å². The molecule has 1 aromatic rings. The van der Waals surface area contributed by atoms with Gasteiger partial charge in [0, 0.05) is 0 Å². The molecule has 0 aromatic heterocycles. The van der Waals surface area contributed by atoms with Gasteiger partial charge >= 0.3 is 0 Å². The molecule has 0 unspecified atom stereocenters. The predicted molar refractivity (Wildman–Crippen MR) is 68.7 cm³/mol. The zero-order valence-corrected chi connectivity index (χ0v) is 10.9. The van der Waals surface area contributed by atoms with E-state index < -0.39 is 0 Å². The second-order valence-corrected chi connectivity index (χ2v) is 4.12. The molecule has 17 heavy (non-hydrogen) atoms. The van der Waals surface area contributed by atoms with Crippen molar-refractivity contribution < 1.29 is 14.2 Å². The third-order valence-electron chi connectivity index (χ3n) is 2.50. The van der Waals surface area contributed by atoms with Crippen LogP contribution in [0.3, 0.4) is 0 Å². The van der Waals surface area contributed by atoms with E-state index in [1.165, 1.54) is 5.56 Å². The molecule has 0 saturated carbocycles. The molecule has 1 aromatic carbocycles. The Hall–Kier alpha value is -1.06. The third kappa shape index (κ3) is 5.20. The van der Waals surface area contributed by atoms with Gasteiger partial charge < -0.3 is 14.2 Å². The van der Waals surface area contributed by atoms with Crippen LogP contribution in [-0.2, 0) is 9.47 Å². The lowest BCUT2D eigenvalue weighted by atomic mass is 10.0. The van der Waals surface area contributed by atoms with Crippen molar-refractivity contribution in [3.63, 3.8) is 0 Å². The Morgan fingerprint density at radius 3 is 1.88 bits per heavy atom. The van der Waals surface area contributed by atoms with Gasteiger partial charge in [0.25, 0.3) is 0 Å². The van der Waals surface area contributed by atoms with Crippen molar-refractivity contribution in [1.82, 2.24) is 0 Å². The van der Waals surface area contributed by atoms with E-state index in [0.717, 1.165) is 32.2 Å². The van der Waals surface area contributed by atoms with Crippen molar-refractivity contribution >= 4 is 0 Å². The summed E-state index contributed by atoms with van der Waals surface area (Å²) in [5.41, 5.74) is 1.27. The van der Waals surface area contributed by atoms with Gasteiger partial charge in [-0.05, 0) is 17.5 Å². The van der Waals surface area contributed by atoms with Crippen LogP contribution in [0.5, 0.6) is 5.75 Å². The van der Waals surface area contributed by atoms with Crippen molar-refractivity contribution in [3.05, 3.63) is 29.8 Å². The molecule has 1 aliphatic rings. The van der Waals surface area contributed by atoms with Gasteiger partial charge in [0.1, 0.15) is 5.75 Å². The molecular formula is C14H22O3. The van der Waals surface area contributed by atoms with E-state index in [1.807, 2.05) is 18.2 Å². The van der Waals surface area contributed by atoms with Crippen molar-refractivity contribution in [2.75, 3.05) is 33.5 Å². The third-order valence-corrected chi connectivity index (χ3v) is 2.50. The highest BCUT2D eigenvalue weighted by Gasteiger charge is 2.03. The largest absolute Gasteiger partial charge is 0.496 e. The highest BCUT2D eigenvalue weighted by molar-refractivity contribution is 5.35. The lowest BCUT2D eigenvalue weighted by Gasteiger charge is -2.10. The van der Waals surface area contributed by atoms with Crippen molar-refractivity contribution in [2.45, 2.75) is 19.8 Å². The van der Waals surface area contributed by atoms with E-state index >= 15 is 0 Å². The molecule has 3 nitrogen and oxygen atoms in total. The monoisotopic (exact) mass is 238 g/mol. The number of hydrogen-bond donors (Lipinski definition) is 0. The van der Waals surface area contributed by atoms with Crippen LogP contribution in [-0.4, -0.2) is 33.5 Å². The summed E-state index contributed by atoms with van der Waals surface area (Å²) in [5.74, 6) is 1.52. The quantitative estimate of drug-likeness (QED) is 0.793. The molecule has 1 heterocycles. The summed E-state index contributed by atoms with van der Waals surface area (Å²) in [4.78, 5) is 0. The molecule has 0 spiro atoms. The summed E-state index contributed by atoms with van der Waals surface area (Å²) < 4.78 is 15.1. The summed E-state index contributed by atoms with van der Waals surface area (Å²) >= 11 is 0. The fourth-order valence-electron chi connectivity index (χ4n) is 1.58. The Morgan fingerprint density at radius 1 is 1.00 bits per heavy atom. The average Bonchev–Trinajstić information content (AvgIpc) is 2.41. The molecule has 3 heteroatoms. The second kappa shape index (κ2) is 8.09. The number of benzene rings is 1. The fraction of sp³-hybridized carbons (Fsp3) is 0.571. The molecule has 0 amide bonds. The standard InChI is InChI=1S/C10H14O.C4H8O2/c1-8(2)9-6-4-5-7-10(9)11-3;1-2-6-4-3-5-1/h4-8H,1-3H3;1-4H2. The number of methoxy groups -OCH3 is 1. The maximum Gasteiger partial charge on any atom is 0.122 e. The normalized spacial score (nSPS) is 15.1. The van der Waals surface area contributed by atoms with E-state index in [2.05, 4.69) is 19.9 Å². The minimum atomic E-state index is 0.533. The van der Waals surface area contributed by atoms with Crippen LogP contribution < -0.4 is 4.74 Å². The molecule has 0 radical (unpaired) electrons. The van der Waals surface area contributed by atoms with Crippen molar-refractivity contribution in [2.24, 2.45) is 0 Å². The summed E-state index contributed by atoms with van der Waals surface area (Å²) in [6, 6.07) is 8.13. The van der Waals surface area contributed by atoms with Gasteiger partial charge in [0.05, 0.1) is 33.5 Å². The van der Waals surface area contributed by atoms with Crippen LogP contribution in [0.2, 0.25) is 0 Å². The van der Waals surface area contributed by atoms with E-state index in [9.17, 15) is 0 Å². The first-order chi connectivity index (χ1) is 8.25. The Kier molecular flexibility index (Phi) is 6.67. The van der Waals surface area contributed by atoms with Gasteiger partial charge in [0.2, 0.25) is 0 Å². The lowest BCUT2D eigenvalue weighted by Crippen LogP contribution is -2.16. The van der Waals surface area contributed by atoms with Gasteiger partial charge in [-0.15, -0.1) is 0 Å². The van der Waals surface area contributed by atoms with Gasteiger partial charge in [-0.3, -0.25) is 0 Å². The molecule has 2 rings (SSSR count). The smallest absolute Gasteiger partial charge is 0.122 e. The molecule has 1 saturated heterocycles. The minimum Gasteiger partial charge on any atom is -0.496 e. The average molecular weight is 238 g/mol. The molecule has 96 valence electrons. The van der Waals surface area contributed by atoms with Crippen LogP contribution in [0, 0.1) is 0 Å². The molecule has 0 N–H and O–H groups in total. The molecule has 1 fully saturated rings. The molecule has 0 atom stereocenters. The number of rotatable bonds is 2. The summed E-state index contributed by atoms with van der Waals surface area (Å²) in [6.07, 6.45) is 0. The van der Waals surface area contributed by atoms with Gasteiger partial charge in [-0.2, -0.15) is 0 Å². The second-order valence-electron chi connectivity index (χ2n) is 4.12. The topological polar surface area (TPSA) is 27.7 Å². The van der Waals surface area contributed by atoms with Crippen LogP contribution in [0.25, 0.3) is 0 Å². The molecule has 0 aliphatic carbocycles. The Balaban J connectivity index is 0.000000202. The van der Waals surface area contributed by atoms with E-state index in [1.54, 1.807) is 7.11 Å². The SMILES string of the molecule is C1COCCO1.COc1ccccc1C(C)C. The maximum absolute atomic E-state index is 5.21. The number of para-hydroxylation sites is 1. The molecule has 1 aliphatic heterocycles. The summed E-state index contributed by atoms with van der Waals surface area (Å²) in [7, 11) is 1.71. The Morgan fingerprint density at radius 2 is 1.53 bits per heavy atom. The summed E-state index contributed by atoms with van der Waals surface area (Å²) in [6.45, 7) is 7.44. The molecular weight excluding hydrogens is 216 g/mol. The van der Waals surface area contributed by atoms with Crippen LogP contribution in [0.15, 0.2) is 24.3 Å². The highest BCUT2D eigenvalue weighted by atomic mass is 16.6. The molecule has 0 bridgehead atoms. The number of ether oxygens (including phenoxy) is 3. The Bertz CT molecular complexity index is 295. The van der Waals surface area contributed by atoms with E-state index in [0.29, 0.717) is 5.92 Å². The van der Waals surface area contributed by atoms with Gasteiger partial charge in [-0.1, -0.05) is 32.0 Å². The maximum atomic E-state index is 5.21. The van der Waals surface area contributed by atoms with Gasteiger partial charge in [-0.25, -0.2) is 0 Å². The highest BCUT2D eigenvalue weighted by Crippen LogP contribution is 2.24. The minimum absolute atomic E-state index is 0.533. The van der Waals surface area contributed by atoms with E-state index in [4.69, 9.17) is 14.2 Å². The zero-order valence-electron chi connectivity index (χ0n) is 10.9. The van der Waals surface area contributed by atoms with Gasteiger partial charge in [0.15, 0.2) is 0 Å². The predicted octanol–water partition coefficient (Wildman–Crippen LogP) is 2.85. The number of hydrogen-bond acceptors (Lipinski definition) is 3. The summed E-state index contributed by atoms with van der Waals surface area (Å²) in [5, 5.41) is 0. The van der Waals surface area contributed by atoms with Crippen molar-refractivity contribution in [1.29, 1.82) is 0 Å². The van der Waals surface area contributed by atoms with E-state index in [-0.39, 0.29) is 0 Å².